The molecule has 2 aliphatic heterocycles. The van der Waals surface area contributed by atoms with E-state index in [9.17, 15) is 4.79 Å². The lowest BCUT2D eigenvalue weighted by Gasteiger charge is -2.06. The Hall–Kier alpha value is 0.0900. The summed E-state index contributed by atoms with van der Waals surface area (Å²) >= 11 is 6.77. The molecule has 1 amide bonds. The molecule has 0 saturated heterocycles. The average Bonchev–Trinajstić information content (AvgIpc) is 3.30. The summed E-state index contributed by atoms with van der Waals surface area (Å²) < 4.78 is 2.54. The summed E-state index contributed by atoms with van der Waals surface area (Å²) in [5.74, 6) is 0.0879. The molecule has 0 aromatic rings. The molecule has 0 saturated carbocycles. The Bertz CT molecular complexity index is 504. The maximum Gasteiger partial charge on any atom is 0.258 e. The van der Waals surface area contributed by atoms with Crippen LogP contribution in [0.4, 0.5) is 0 Å². The molecule has 0 aromatic heterocycles. The average molecular weight is 416 g/mol. The van der Waals surface area contributed by atoms with Crippen LogP contribution in [-0.4, -0.2) is 12.5 Å². The van der Waals surface area contributed by atoms with Gasteiger partial charge in [0.1, 0.15) is 0 Å². The summed E-state index contributed by atoms with van der Waals surface area (Å²) in [6, 6.07) is 0. The van der Waals surface area contributed by atoms with Crippen molar-refractivity contribution in [2.24, 2.45) is 0 Å². The third-order valence-electron chi connectivity index (χ3n) is 4.09. The van der Waals surface area contributed by atoms with Gasteiger partial charge in [0.05, 0.1) is 13.4 Å². The molecule has 2 rings (SSSR count). The van der Waals surface area contributed by atoms with Gasteiger partial charge >= 0.3 is 0 Å². The van der Waals surface area contributed by atoms with Crippen molar-refractivity contribution in [3.8, 4) is 0 Å². The number of carbonyl (C=O) groups is 1. The molecule has 140 valence electrons. The van der Waals surface area contributed by atoms with Crippen molar-refractivity contribution in [2.75, 3.05) is 6.54 Å². The minimum atomic E-state index is 0.0879. The number of carbonyl (C=O) groups excluding carboxylic acids is 1. The molecule has 0 aromatic carbocycles. The van der Waals surface area contributed by atoms with Gasteiger partial charge in [-0.05, 0) is 22.6 Å². The van der Waals surface area contributed by atoms with Crippen molar-refractivity contribution in [3.05, 3.63) is 29.6 Å². The monoisotopic (exact) mass is 415 g/mol. The van der Waals surface area contributed by atoms with Gasteiger partial charge in [-0.1, -0.05) is 112 Å². The van der Waals surface area contributed by atoms with E-state index in [1.165, 1.54) is 66.3 Å². The molecular weight excluding hydrogens is 386 g/mol. The Morgan fingerprint density at radius 1 is 0.840 bits per heavy atom. The highest BCUT2D eigenvalue weighted by Gasteiger charge is 2.22. The molecule has 0 aliphatic carbocycles. The van der Waals surface area contributed by atoms with Gasteiger partial charge in [-0.2, -0.15) is 0 Å². The van der Waals surface area contributed by atoms with Crippen LogP contribution in [0, 0.1) is 0 Å². The van der Waals surface area contributed by atoms with Gasteiger partial charge in [0, 0.05) is 6.54 Å². The normalized spacial score (nSPS) is 16.6. The maximum absolute atomic E-state index is 12.2. The second kappa shape index (κ2) is 13.3. The zero-order valence-corrected chi connectivity index (χ0v) is 18.3. The summed E-state index contributed by atoms with van der Waals surface area (Å²) in [6.07, 6.45) is 13.3. The van der Waals surface area contributed by atoms with Crippen molar-refractivity contribution in [3.63, 3.8) is 0 Å². The highest BCUT2D eigenvalue weighted by molar-refractivity contribution is 8.33. The summed E-state index contributed by atoms with van der Waals surface area (Å²) in [7, 11) is 0. The van der Waals surface area contributed by atoms with Crippen LogP contribution in [-0.2, 0) is 4.79 Å². The molecule has 25 heavy (non-hydrogen) atoms. The summed E-state index contributed by atoms with van der Waals surface area (Å²) in [5.41, 5.74) is 0. The Kier molecular flexibility index (Phi) is 11.4. The lowest BCUT2D eigenvalue weighted by Crippen LogP contribution is -2.24. The van der Waals surface area contributed by atoms with Crippen LogP contribution >= 0.6 is 47.0 Å². The van der Waals surface area contributed by atoms with Gasteiger partial charge in [-0.3, -0.25) is 4.79 Å². The summed E-state index contributed by atoms with van der Waals surface area (Å²) in [6.45, 7) is 3.07. The Labute approximate surface area is 169 Å². The predicted octanol–water partition coefficient (Wildman–Crippen LogP) is 7.42. The SMILES string of the molecule is CCCCCCCCCCCCNC(=O)C1=CSC(=C2SC=CS2)S1. The molecule has 0 spiro atoms. The minimum absolute atomic E-state index is 0.0879. The molecular formula is C19H29NOS4. The first-order chi connectivity index (χ1) is 12.3. The number of hydrogen-bond acceptors (Lipinski definition) is 5. The number of hydrogen-bond donors (Lipinski definition) is 1. The molecule has 0 fully saturated rings. The van der Waals surface area contributed by atoms with Gasteiger partial charge < -0.3 is 5.32 Å². The number of rotatable bonds is 12. The van der Waals surface area contributed by atoms with Gasteiger partial charge in [-0.15, -0.1) is 0 Å². The summed E-state index contributed by atoms with van der Waals surface area (Å²) in [4.78, 5) is 13.0. The van der Waals surface area contributed by atoms with E-state index >= 15 is 0 Å². The van der Waals surface area contributed by atoms with E-state index in [1.54, 1.807) is 47.0 Å². The fraction of sp³-hybridized carbons (Fsp3) is 0.632. The molecule has 2 aliphatic rings. The number of amides is 1. The largest absolute Gasteiger partial charge is 0.352 e. The Morgan fingerprint density at radius 2 is 1.44 bits per heavy atom. The molecule has 0 radical (unpaired) electrons. The topological polar surface area (TPSA) is 29.1 Å². The quantitative estimate of drug-likeness (QED) is 0.335. The fourth-order valence-corrected chi connectivity index (χ4v) is 7.01. The zero-order valence-electron chi connectivity index (χ0n) is 15.1. The third-order valence-corrected chi connectivity index (χ3v) is 9.11. The second-order valence-electron chi connectivity index (χ2n) is 6.22. The molecule has 1 N–H and O–H groups in total. The van der Waals surface area contributed by atoms with E-state index in [1.807, 2.05) is 5.41 Å². The molecule has 6 heteroatoms. The molecule has 0 unspecified atom stereocenters. The highest BCUT2D eigenvalue weighted by atomic mass is 32.2. The molecule has 2 heterocycles. The van der Waals surface area contributed by atoms with E-state index in [4.69, 9.17) is 0 Å². The fourth-order valence-electron chi connectivity index (χ4n) is 2.65. The number of nitrogens with one attached hydrogen (secondary N) is 1. The first kappa shape index (κ1) is 21.4. The van der Waals surface area contributed by atoms with E-state index < -0.39 is 0 Å². The summed E-state index contributed by atoms with van der Waals surface area (Å²) in [5, 5.41) is 9.24. The standard InChI is InChI=1S/C19H29NOS4/c1-2-3-4-5-6-7-8-9-10-11-12-20-17(21)16-15-24-19(25-16)18-22-13-14-23-18/h13-15H,2-12H2,1H3,(H,20,21). The predicted molar refractivity (Wildman–Crippen MR) is 119 cm³/mol. The zero-order chi connectivity index (χ0) is 17.7. The smallest absolute Gasteiger partial charge is 0.258 e. The van der Waals surface area contributed by atoms with Crippen molar-refractivity contribution in [2.45, 2.75) is 71.1 Å². The lowest BCUT2D eigenvalue weighted by atomic mass is 10.1. The van der Waals surface area contributed by atoms with E-state index in [0.717, 1.165) is 17.9 Å². The van der Waals surface area contributed by atoms with Crippen molar-refractivity contribution >= 4 is 53.0 Å². The molecule has 2 nitrogen and oxygen atoms in total. The van der Waals surface area contributed by atoms with E-state index in [0.29, 0.717) is 0 Å². The van der Waals surface area contributed by atoms with Crippen molar-refractivity contribution in [1.82, 2.24) is 5.32 Å². The maximum atomic E-state index is 12.2. The van der Waals surface area contributed by atoms with Crippen LogP contribution in [0.1, 0.15) is 71.1 Å². The third kappa shape index (κ3) is 8.55. The van der Waals surface area contributed by atoms with Crippen LogP contribution in [0.2, 0.25) is 0 Å². The second-order valence-corrected chi connectivity index (χ2v) is 10.5. The van der Waals surface area contributed by atoms with Crippen LogP contribution in [0.25, 0.3) is 0 Å². The van der Waals surface area contributed by atoms with Crippen LogP contribution < -0.4 is 5.32 Å². The van der Waals surface area contributed by atoms with Gasteiger partial charge in [-0.25, -0.2) is 0 Å². The van der Waals surface area contributed by atoms with Gasteiger partial charge in [0.15, 0.2) is 0 Å². The van der Waals surface area contributed by atoms with Crippen molar-refractivity contribution in [1.29, 1.82) is 0 Å². The first-order valence-corrected chi connectivity index (χ1v) is 12.8. The first-order valence-electron chi connectivity index (χ1n) is 9.36. The van der Waals surface area contributed by atoms with Gasteiger partial charge in [0.2, 0.25) is 0 Å². The highest BCUT2D eigenvalue weighted by Crippen LogP contribution is 2.53. The molecule has 0 atom stereocenters. The van der Waals surface area contributed by atoms with E-state index in [-0.39, 0.29) is 5.91 Å². The van der Waals surface area contributed by atoms with Crippen LogP contribution in [0.15, 0.2) is 29.6 Å². The Morgan fingerprint density at radius 3 is 2.08 bits per heavy atom. The minimum Gasteiger partial charge on any atom is -0.352 e. The molecule has 0 bridgehead atoms. The Balaban J connectivity index is 1.45. The van der Waals surface area contributed by atoms with Crippen LogP contribution in [0.3, 0.4) is 0 Å². The number of thioether (sulfide) groups is 4. The van der Waals surface area contributed by atoms with Crippen molar-refractivity contribution < 1.29 is 4.79 Å². The lowest BCUT2D eigenvalue weighted by molar-refractivity contribution is -0.116. The number of unbranched alkanes of at least 4 members (excludes halogenated alkanes) is 9. The van der Waals surface area contributed by atoms with Gasteiger partial charge in [0.25, 0.3) is 5.91 Å². The van der Waals surface area contributed by atoms with Crippen LogP contribution in [0.5, 0.6) is 0 Å². The van der Waals surface area contributed by atoms with E-state index in [2.05, 4.69) is 23.1 Å².